The predicted molar refractivity (Wildman–Crippen MR) is 130 cm³/mol. The van der Waals surface area contributed by atoms with E-state index in [9.17, 15) is 19.2 Å². The molecule has 2 aromatic rings. The van der Waals surface area contributed by atoms with Crippen LogP contribution in [0.3, 0.4) is 0 Å². The lowest BCUT2D eigenvalue weighted by molar-refractivity contribution is -0.147. The molecule has 1 atom stereocenters. The number of hydrogen-bond donors (Lipinski definition) is 3. The number of carbonyl (C=O) groups excluding carboxylic acids is 4. The summed E-state index contributed by atoms with van der Waals surface area (Å²) in [7, 11) is 1.59. The molecule has 0 bridgehead atoms. The number of rotatable bonds is 11. The van der Waals surface area contributed by atoms with Crippen LogP contribution in [0.25, 0.3) is 17.0 Å². The lowest BCUT2D eigenvalue weighted by atomic mass is 10.0. The Labute approximate surface area is 207 Å². The molecule has 5 N–H and O–H groups in total. The lowest BCUT2D eigenvalue weighted by Gasteiger charge is -2.25. The summed E-state index contributed by atoms with van der Waals surface area (Å²) in [6, 6.07) is 6.22. The molecule has 0 saturated carbocycles. The van der Waals surface area contributed by atoms with E-state index in [4.69, 9.17) is 16.0 Å². The summed E-state index contributed by atoms with van der Waals surface area (Å²) in [5, 5.41) is 6.03. The van der Waals surface area contributed by atoms with E-state index in [1.165, 1.54) is 17.3 Å². The second-order valence-electron chi connectivity index (χ2n) is 7.90. The van der Waals surface area contributed by atoms with Crippen LogP contribution < -0.4 is 16.8 Å². The van der Waals surface area contributed by atoms with Gasteiger partial charge in [0.05, 0.1) is 6.54 Å². The molecule has 1 aliphatic heterocycles. The van der Waals surface area contributed by atoms with Crippen LogP contribution in [0.15, 0.2) is 59.0 Å². The van der Waals surface area contributed by atoms with Gasteiger partial charge in [-0.2, -0.15) is 4.98 Å². The number of carbonyl (C=O) groups is 4. The summed E-state index contributed by atoms with van der Waals surface area (Å²) < 4.78 is 5.35. The van der Waals surface area contributed by atoms with Crippen LogP contribution in [0.4, 0.5) is 0 Å². The van der Waals surface area contributed by atoms with Gasteiger partial charge in [0.15, 0.2) is 0 Å². The van der Waals surface area contributed by atoms with E-state index in [1.807, 2.05) is 23.5 Å². The molecule has 0 aliphatic carbocycles. The Morgan fingerprint density at radius 3 is 2.75 bits per heavy atom. The highest BCUT2D eigenvalue weighted by molar-refractivity contribution is 6.18. The van der Waals surface area contributed by atoms with Crippen LogP contribution >= 0.6 is 0 Å². The maximum atomic E-state index is 13.0. The van der Waals surface area contributed by atoms with Crippen LogP contribution in [0, 0.1) is 0 Å². The minimum absolute atomic E-state index is 0.0359. The first-order chi connectivity index (χ1) is 17.3. The molecule has 1 aliphatic rings. The second kappa shape index (κ2) is 11.6. The molecule has 3 rings (SSSR count). The quantitative estimate of drug-likeness (QED) is 0.228. The number of nitrogens with one attached hydrogen (secondary N) is 1. The topological polar surface area (TPSA) is 178 Å². The number of imide groups is 2. The van der Waals surface area contributed by atoms with Gasteiger partial charge in [-0.1, -0.05) is 36.7 Å². The molecule has 1 unspecified atom stereocenters. The summed E-state index contributed by atoms with van der Waals surface area (Å²) in [5.41, 5.74) is 13.4. The summed E-state index contributed by atoms with van der Waals surface area (Å²) >= 11 is 0. The molecule has 0 spiro atoms. The largest absolute Gasteiger partial charge is 0.405 e. The maximum absolute atomic E-state index is 13.0. The monoisotopic (exact) mass is 493 g/mol. The van der Waals surface area contributed by atoms with E-state index in [2.05, 4.69) is 10.1 Å². The van der Waals surface area contributed by atoms with Crippen LogP contribution in [-0.4, -0.2) is 57.2 Å². The molecular formula is C24H27N7O5. The summed E-state index contributed by atoms with van der Waals surface area (Å²) in [6.07, 6.45) is 6.60. The second-order valence-corrected chi connectivity index (χ2v) is 7.90. The zero-order valence-corrected chi connectivity index (χ0v) is 19.9. The Balaban J connectivity index is 1.76. The number of benzene rings is 1. The van der Waals surface area contributed by atoms with Crippen molar-refractivity contribution in [3.63, 3.8) is 0 Å². The Kier molecular flexibility index (Phi) is 8.34. The van der Waals surface area contributed by atoms with Gasteiger partial charge in [-0.25, -0.2) is 0 Å². The summed E-state index contributed by atoms with van der Waals surface area (Å²) in [4.78, 5) is 55.3. The number of allylic oxidation sites excluding steroid dienone is 2. The van der Waals surface area contributed by atoms with Crippen molar-refractivity contribution in [1.82, 2.24) is 25.3 Å². The SMILES string of the molecule is CCCC(C(=O)NC=O)N1C(=O)C=C(N(C)Cc2nc(-c3cccc(C(/C=C\N)=C/N)c3)no2)C1=O. The van der Waals surface area contributed by atoms with Crippen LogP contribution in [0.2, 0.25) is 0 Å². The Morgan fingerprint density at radius 1 is 1.31 bits per heavy atom. The summed E-state index contributed by atoms with van der Waals surface area (Å²) in [6.45, 7) is 1.84. The molecular weight excluding hydrogens is 466 g/mol. The summed E-state index contributed by atoms with van der Waals surface area (Å²) in [5.74, 6) is -1.48. The zero-order chi connectivity index (χ0) is 26.2. The molecule has 0 saturated heterocycles. The molecule has 12 nitrogen and oxygen atoms in total. The van der Waals surface area contributed by atoms with E-state index >= 15 is 0 Å². The molecule has 1 aromatic heterocycles. The van der Waals surface area contributed by atoms with E-state index in [0.717, 1.165) is 16.5 Å². The first kappa shape index (κ1) is 25.9. The molecule has 36 heavy (non-hydrogen) atoms. The normalized spacial score (nSPS) is 14.8. The van der Waals surface area contributed by atoms with Crippen molar-refractivity contribution in [3.8, 4) is 11.4 Å². The van der Waals surface area contributed by atoms with Crippen LogP contribution in [0.5, 0.6) is 0 Å². The fourth-order valence-electron chi connectivity index (χ4n) is 3.76. The number of hydrogen-bond acceptors (Lipinski definition) is 10. The predicted octanol–water partition coefficient (Wildman–Crippen LogP) is 0.634. The number of amides is 4. The Hall–Kier alpha value is -4.74. The smallest absolute Gasteiger partial charge is 0.277 e. The highest BCUT2D eigenvalue weighted by Gasteiger charge is 2.40. The van der Waals surface area contributed by atoms with Crippen molar-refractivity contribution in [2.75, 3.05) is 7.05 Å². The molecule has 188 valence electrons. The number of nitrogens with two attached hydrogens (primary N) is 2. The van der Waals surface area contributed by atoms with Crippen molar-refractivity contribution >= 4 is 29.7 Å². The van der Waals surface area contributed by atoms with Crippen molar-refractivity contribution in [2.24, 2.45) is 11.5 Å². The van der Waals surface area contributed by atoms with Gasteiger partial charge in [-0.3, -0.25) is 29.4 Å². The third-order valence-electron chi connectivity index (χ3n) is 5.47. The van der Waals surface area contributed by atoms with Gasteiger partial charge in [0.25, 0.3) is 11.8 Å². The first-order valence-corrected chi connectivity index (χ1v) is 11.1. The Morgan fingerprint density at radius 2 is 2.08 bits per heavy atom. The van der Waals surface area contributed by atoms with Gasteiger partial charge < -0.3 is 20.9 Å². The van der Waals surface area contributed by atoms with Gasteiger partial charge in [0.2, 0.25) is 24.0 Å². The molecule has 0 radical (unpaired) electrons. The van der Waals surface area contributed by atoms with Crippen LogP contribution in [0.1, 0.15) is 31.2 Å². The fraction of sp³-hybridized carbons (Fsp3) is 0.250. The van der Waals surface area contributed by atoms with Gasteiger partial charge >= 0.3 is 0 Å². The zero-order valence-electron chi connectivity index (χ0n) is 19.9. The average molecular weight is 494 g/mol. The van der Waals surface area contributed by atoms with Crippen LogP contribution in [-0.2, 0) is 25.7 Å². The fourth-order valence-corrected chi connectivity index (χ4v) is 3.76. The van der Waals surface area contributed by atoms with Crippen molar-refractivity contribution < 1.29 is 23.7 Å². The van der Waals surface area contributed by atoms with Gasteiger partial charge in [0.1, 0.15) is 11.7 Å². The molecule has 12 heteroatoms. The molecule has 4 amide bonds. The van der Waals surface area contributed by atoms with Crippen molar-refractivity contribution in [1.29, 1.82) is 0 Å². The molecule has 0 fully saturated rings. The molecule has 2 heterocycles. The van der Waals surface area contributed by atoms with Gasteiger partial charge in [-0.15, -0.1) is 0 Å². The number of nitrogens with zero attached hydrogens (tertiary/aromatic N) is 4. The maximum Gasteiger partial charge on any atom is 0.277 e. The lowest BCUT2D eigenvalue weighted by Crippen LogP contribution is -2.50. The minimum Gasteiger partial charge on any atom is -0.405 e. The minimum atomic E-state index is -1.09. The average Bonchev–Trinajstić information content (AvgIpc) is 3.45. The van der Waals surface area contributed by atoms with Crippen molar-refractivity contribution in [2.45, 2.75) is 32.4 Å². The van der Waals surface area contributed by atoms with Crippen molar-refractivity contribution in [3.05, 3.63) is 66.0 Å². The third-order valence-corrected chi connectivity index (χ3v) is 5.47. The number of aromatic nitrogens is 2. The van der Waals surface area contributed by atoms with E-state index in [-0.39, 0.29) is 31.0 Å². The standard InChI is InChI=1S/C24H27N7O5/c1-3-5-18(23(34)27-14-32)31-21(33)11-19(24(31)35)30(2)13-20-28-22(29-36-20)16-7-4-6-15(10-16)17(12-26)8-9-25/h4,6-12,14,18H,3,5,13,25-26H2,1-2H3,(H,27,32,34)/b9-8-,17-12+. The van der Waals surface area contributed by atoms with Gasteiger partial charge in [0, 0.05) is 24.9 Å². The first-order valence-electron chi connectivity index (χ1n) is 11.1. The third kappa shape index (κ3) is 5.49. The highest BCUT2D eigenvalue weighted by atomic mass is 16.5. The Bertz CT molecular complexity index is 1250. The van der Waals surface area contributed by atoms with Gasteiger partial charge in [-0.05, 0) is 35.9 Å². The number of likely N-dealkylation sites (N-methyl/N-ethyl adjacent to an activating group) is 1. The van der Waals surface area contributed by atoms with E-state index < -0.39 is 23.8 Å². The molecule has 1 aromatic carbocycles. The highest BCUT2D eigenvalue weighted by Crippen LogP contribution is 2.25. The van der Waals surface area contributed by atoms with E-state index in [0.29, 0.717) is 23.4 Å². The van der Waals surface area contributed by atoms with E-state index in [1.54, 1.807) is 26.1 Å².